The monoisotopic (exact) mass is 388 g/mol. The van der Waals surface area contributed by atoms with Crippen molar-refractivity contribution < 1.29 is 14.0 Å². The Labute approximate surface area is 169 Å². The number of ketones is 1. The molecule has 0 radical (unpaired) electrons. The number of hydrogen-bond donors (Lipinski definition) is 0. The van der Waals surface area contributed by atoms with Gasteiger partial charge in [0.25, 0.3) is 0 Å². The first kappa shape index (κ1) is 19.1. The van der Waals surface area contributed by atoms with Crippen molar-refractivity contribution in [2.45, 2.75) is 25.3 Å². The molecule has 1 heterocycles. The molecule has 0 aromatic heterocycles. The van der Waals surface area contributed by atoms with Gasteiger partial charge >= 0.3 is 0 Å². The van der Waals surface area contributed by atoms with E-state index in [0.29, 0.717) is 18.5 Å². The number of benzene rings is 2. The summed E-state index contributed by atoms with van der Waals surface area (Å²) in [6.07, 6.45) is 2.18. The second-order valence-electron chi connectivity index (χ2n) is 7.74. The second-order valence-corrected chi connectivity index (χ2v) is 7.74. The normalized spacial score (nSPS) is 26.5. The smallest absolute Gasteiger partial charge is 0.236 e. The molecule has 1 fully saturated rings. The van der Waals surface area contributed by atoms with E-state index >= 15 is 0 Å². The molecule has 2 aromatic rings. The maximum Gasteiger partial charge on any atom is 0.236 e. The molecule has 3 atom stereocenters. The van der Waals surface area contributed by atoms with Crippen molar-refractivity contribution in [3.8, 4) is 0 Å². The van der Waals surface area contributed by atoms with Crippen LogP contribution >= 0.6 is 0 Å². The van der Waals surface area contributed by atoms with Crippen molar-refractivity contribution in [2.75, 3.05) is 6.54 Å². The molecule has 146 valence electrons. The number of amides is 1. The second kappa shape index (κ2) is 7.29. The molecule has 1 aliphatic carbocycles. The highest BCUT2D eigenvalue weighted by atomic mass is 19.1. The van der Waals surface area contributed by atoms with E-state index in [1.165, 1.54) is 6.07 Å². The van der Waals surface area contributed by atoms with E-state index in [1.807, 2.05) is 37.3 Å². The minimum atomic E-state index is -1.09. The standard InChI is InChI=1S/C24H21FN2O2/c1-16-19-12-13-27(15-17-8-6-7-11-20(17)25)23(29)24(19,14-21(26-2)22(16)28)18-9-4-3-5-10-18/h3-11,14,16,19H,12-13,15H2,1H3/t16-,19-,24+/m0/s1. The molecule has 1 saturated heterocycles. The molecule has 0 spiro atoms. The summed E-state index contributed by atoms with van der Waals surface area (Å²) in [5, 5.41) is 0. The molecule has 1 amide bonds. The number of likely N-dealkylation sites (tertiary alicyclic amines) is 1. The van der Waals surface area contributed by atoms with Gasteiger partial charge in [0.05, 0.1) is 12.0 Å². The minimum Gasteiger partial charge on any atom is -0.337 e. The van der Waals surface area contributed by atoms with Crippen LogP contribution in [0.25, 0.3) is 4.85 Å². The Kier molecular flexibility index (Phi) is 4.79. The fourth-order valence-corrected chi connectivity index (χ4v) is 4.77. The van der Waals surface area contributed by atoms with Crippen LogP contribution in [0, 0.1) is 24.2 Å². The summed E-state index contributed by atoms with van der Waals surface area (Å²) >= 11 is 0. The van der Waals surface area contributed by atoms with Gasteiger partial charge in [-0.25, -0.2) is 9.24 Å². The largest absolute Gasteiger partial charge is 0.337 e. The van der Waals surface area contributed by atoms with Gasteiger partial charge in [0.2, 0.25) is 11.6 Å². The lowest BCUT2D eigenvalue weighted by atomic mass is 9.58. The van der Waals surface area contributed by atoms with Crippen LogP contribution in [0.5, 0.6) is 0 Å². The average Bonchev–Trinajstić information content (AvgIpc) is 2.75. The van der Waals surface area contributed by atoms with Crippen molar-refractivity contribution in [2.24, 2.45) is 11.8 Å². The van der Waals surface area contributed by atoms with Gasteiger partial charge in [-0.05, 0) is 24.0 Å². The third kappa shape index (κ3) is 2.96. The van der Waals surface area contributed by atoms with Gasteiger partial charge in [-0.3, -0.25) is 4.79 Å². The Hall–Kier alpha value is -3.26. The summed E-state index contributed by atoms with van der Waals surface area (Å²) in [5.74, 6) is -1.38. The Morgan fingerprint density at radius 1 is 1.14 bits per heavy atom. The van der Waals surface area contributed by atoms with Crippen LogP contribution in [0.3, 0.4) is 0 Å². The van der Waals surface area contributed by atoms with E-state index in [4.69, 9.17) is 6.57 Å². The Bertz CT molecular complexity index is 1040. The van der Waals surface area contributed by atoms with Gasteiger partial charge in [0.15, 0.2) is 5.78 Å². The lowest BCUT2D eigenvalue weighted by Crippen LogP contribution is -2.59. The first-order valence-electron chi connectivity index (χ1n) is 9.72. The highest BCUT2D eigenvalue weighted by Gasteiger charge is 2.56. The molecule has 1 aliphatic heterocycles. The number of rotatable bonds is 3. The number of allylic oxidation sites excluding steroid dienone is 1. The first-order chi connectivity index (χ1) is 14.0. The van der Waals surface area contributed by atoms with Crippen LogP contribution < -0.4 is 0 Å². The van der Waals surface area contributed by atoms with Gasteiger partial charge in [-0.1, -0.05) is 61.5 Å². The lowest BCUT2D eigenvalue weighted by Gasteiger charge is -2.50. The number of piperidine rings is 1. The number of Topliss-reactive ketones (excluding diaryl/α,β-unsaturated/α-hetero) is 1. The summed E-state index contributed by atoms with van der Waals surface area (Å²) in [6, 6.07) is 15.8. The van der Waals surface area contributed by atoms with E-state index in [9.17, 15) is 14.0 Å². The molecule has 2 aliphatic rings. The van der Waals surface area contributed by atoms with Crippen LogP contribution in [-0.4, -0.2) is 23.1 Å². The molecule has 0 saturated carbocycles. The van der Waals surface area contributed by atoms with E-state index in [-0.39, 0.29) is 35.7 Å². The quantitative estimate of drug-likeness (QED) is 0.742. The van der Waals surface area contributed by atoms with Crippen molar-refractivity contribution in [3.05, 3.63) is 94.7 Å². The third-order valence-electron chi connectivity index (χ3n) is 6.26. The zero-order chi connectivity index (χ0) is 20.6. The molecule has 0 unspecified atom stereocenters. The molecular weight excluding hydrogens is 367 g/mol. The molecule has 0 N–H and O–H groups in total. The first-order valence-corrected chi connectivity index (χ1v) is 9.72. The lowest BCUT2D eigenvalue weighted by molar-refractivity contribution is -0.145. The summed E-state index contributed by atoms with van der Waals surface area (Å²) in [5.41, 5.74) is 0.155. The van der Waals surface area contributed by atoms with Crippen molar-refractivity contribution in [1.82, 2.24) is 4.90 Å². The van der Waals surface area contributed by atoms with Gasteiger partial charge in [-0.2, -0.15) is 0 Å². The maximum absolute atomic E-state index is 14.2. The van der Waals surface area contributed by atoms with Crippen LogP contribution in [0.15, 0.2) is 66.4 Å². The summed E-state index contributed by atoms with van der Waals surface area (Å²) in [4.78, 5) is 31.6. The van der Waals surface area contributed by atoms with E-state index in [2.05, 4.69) is 4.85 Å². The summed E-state index contributed by atoms with van der Waals surface area (Å²) < 4.78 is 14.2. The van der Waals surface area contributed by atoms with Crippen molar-refractivity contribution in [1.29, 1.82) is 0 Å². The highest BCUT2D eigenvalue weighted by Crippen LogP contribution is 2.49. The number of fused-ring (bicyclic) bond motifs is 1. The van der Waals surface area contributed by atoms with E-state index < -0.39 is 11.3 Å². The fraction of sp³-hybridized carbons (Fsp3) is 0.292. The van der Waals surface area contributed by atoms with Gasteiger partial charge in [0.1, 0.15) is 5.82 Å². The van der Waals surface area contributed by atoms with E-state index in [1.54, 1.807) is 29.2 Å². The van der Waals surface area contributed by atoms with E-state index in [0.717, 1.165) is 5.56 Å². The summed E-state index contributed by atoms with van der Waals surface area (Å²) in [7, 11) is 0. The number of hydrogen-bond acceptors (Lipinski definition) is 2. The minimum absolute atomic E-state index is 0.0127. The van der Waals surface area contributed by atoms with Crippen LogP contribution in [-0.2, 0) is 21.5 Å². The fourth-order valence-electron chi connectivity index (χ4n) is 4.77. The topological polar surface area (TPSA) is 41.7 Å². The molecule has 4 nitrogen and oxygen atoms in total. The predicted molar refractivity (Wildman–Crippen MR) is 107 cm³/mol. The average molecular weight is 388 g/mol. The van der Waals surface area contributed by atoms with Gasteiger partial charge in [-0.15, -0.1) is 0 Å². The SMILES string of the molecule is [C-]#[N+]C1=C[C@]2(c3ccccc3)C(=O)N(Cc3ccccc3F)CC[C@H]2[C@H](C)C1=O. The molecule has 5 heteroatoms. The Morgan fingerprint density at radius 2 is 1.83 bits per heavy atom. The number of carbonyl (C=O) groups excluding carboxylic acids is 2. The van der Waals surface area contributed by atoms with Crippen LogP contribution in [0.1, 0.15) is 24.5 Å². The number of nitrogens with zero attached hydrogens (tertiary/aromatic N) is 2. The number of halogens is 1. The van der Waals surface area contributed by atoms with Crippen LogP contribution in [0.2, 0.25) is 0 Å². The van der Waals surface area contributed by atoms with Crippen LogP contribution in [0.4, 0.5) is 4.39 Å². The van der Waals surface area contributed by atoms with Crippen molar-refractivity contribution >= 4 is 11.7 Å². The van der Waals surface area contributed by atoms with Crippen molar-refractivity contribution in [3.63, 3.8) is 0 Å². The zero-order valence-electron chi connectivity index (χ0n) is 16.1. The maximum atomic E-state index is 14.2. The predicted octanol–water partition coefficient (Wildman–Crippen LogP) is 4.13. The Morgan fingerprint density at radius 3 is 2.52 bits per heavy atom. The van der Waals surface area contributed by atoms with Gasteiger partial charge < -0.3 is 9.69 Å². The highest BCUT2D eigenvalue weighted by molar-refractivity contribution is 6.04. The molecule has 2 aromatic carbocycles. The molecular formula is C24H21FN2O2. The Balaban J connectivity index is 1.84. The zero-order valence-corrected chi connectivity index (χ0v) is 16.1. The van der Waals surface area contributed by atoms with Gasteiger partial charge in [0, 0.05) is 24.6 Å². The summed E-state index contributed by atoms with van der Waals surface area (Å²) in [6.45, 7) is 9.88. The third-order valence-corrected chi connectivity index (χ3v) is 6.26. The molecule has 4 rings (SSSR count). The molecule has 0 bridgehead atoms. The molecule has 29 heavy (non-hydrogen) atoms. The number of carbonyl (C=O) groups is 2.